The molecule has 2 amide bonds. The third-order valence-corrected chi connectivity index (χ3v) is 5.53. The van der Waals surface area contributed by atoms with Gasteiger partial charge in [0.1, 0.15) is 0 Å². The van der Waals surface area contributed by atoms with Crippen LogP contribution in [0.15, 0.2) is 71.7 Å². The van der Waals surface area contributed by atoms with E-state index < -0.39 is 34.4 Å². The predicted octanol–water partition coefficient (Wildman–Crippen LogP) is 4.61. The summed E-state index contributed by atoms with van der Waals surface area (Å²) in [6.45, 7) is 1.88. The number of carbonyl (C=O) groups is 1. The number of rotatable bonds is 6. The monoisotopic (exact) mass is 456 g/mol. The summed E-state index contributed by atoms with van der Waals surface area (Å²) in [6, 6.07) is 19.5. The van der Waals surface area contributed by atoms with Gasteiger partial charge in [0.2, 0.25) is 5.75 Å². The average molecular weight is 456 g/mol. The van der Waals surface area contributed by atoms with Crippen LogP contribution in [0.5, 0.6) is 11.5 Å². The zero-order valence-electron chi connectivity index (χ0n) is 18.1. The van der Waals surface area contributed by atoms with Crippen molar-refractivity contribution in [2.45, 2.75) is 18.9 Å². The van der Waals surface area contributed by atoms with Crippen LogP contribution in [-0.2, 0) is 0 Å². The third kappa shape index (κ3) is 4.29. The van der Waals surface area contributed by atoms with Crippen molar-refractivity contribution in [1.82, 2.24) is 5.32 Å². The summed E-state index contributed by atoms with van der Waals surface area (Å²) in [5, 5.41) is 34.0. The Bertz CT molecular complexity index is 1310. The van der Waals surface area contributed by atoms with E-state index in [0.29, 0.717) is 16.8 Å². The van der Waals surface area contributed by atoms with Gasteiger partial charge < -0.3 is 15.2 Å². The lowest BCUT2D eigenvalue weighted by molar-refractivity contribution is -0.386. The molecule has 0 bridgehead atoms. The van der Waals surface area contributed by atoms with Crippen LogP contribution in [0.25, 0.3) is 0 Å². The number of nitriles is 1. The van der Waals surface area contributed by atoms with Gasteiger partial charge in [-0.1, -0.05) is 42.5 Å². The number of aromatic hydroxyl groups is 1. The molecule has 3 aromatic carbocycles. The number of nitro benzene ring substituents is 1. The second-order valence-electron chi connectivity index (χ2n) is 7.58. The molecule has 0 saturated heterocycles. The van der Waals surface area contributed by atoms with E-state index in [1.54, 1.807) is 31.2 Å². The summed E-state index contributed by atoms with van der Waals surface area (Å²) >= 11 is 0. The summed E-state index contributed by atoms with van der Waals surface area (Å²) in [7, 11) is 0. The lowest BCUT2D eigenvalue weighted by Gasteiger charge is -2.33. The molecule has 34 heavy (non-hydrogen) atoms. The summed E-state index contributed by atoms with van der Waals surface area (Å²) < 4.78 is 5.44. The van der Waals surface area contributed by atoms with Crippen molar-refractivity contribution in [1.29, 1.82) is 5.26 Å². The fraction of sp³-hybridized carbons (Fsp3) is 0.160. The Hall–Kier alpha value is -4.71. The molecular weight excluding hydrogens is 436 g/mol. The Morgan fingerprint density at radius 3 is 2.47 bits per heavy atom. The molecule has 0 fully saturated rings. The van der Waals surface area contributed by atoms with Crippen molar-refractivity contribution in [3.05, 3.63) is 99.1 Å². The van der Waals surface area contributed by atoms with Gasteiger partial charge in [-0.05, 0) is 41.8 Å². The van der Waals surface area contributed by atoms with Crippen molar-refractivity contribution < 1.29 is 19.6 Å². The Morgan fingerprint density at radius 1 is 1.15 bits per heavy atom. The highest BCUT2D eigenvalue weighted by atomic mass is 16.6. The molecule has 0 aliphatic carbocycles. The van der Waals surface area contributed by atoms with Crippen molar-refractivity contribution >= 4 is 17.4 Å². The van der Waals surface area contributed by atoms with Crippen LogP contribution in [0.1, 0.15) is 41.1 Å². The number of nitrogens with one attached hydrogen (secondary N) is 1. The first-order valence-electron chi connectivity index (χ1n) is 10.5. The summed E-state index contributed by atoms with van der Waals surface area (Å²) in [5.41, 5.74) is 2.26. The Balaban J connectivity index is 1.93. The largest absolute Gasteiger partial charge is 0.500 e. The van der Waals surface area contributed by atoms with Gasteiger partial charge >= 0.3 is 11.7 Å². The van der Waals surface area contributed by atoms with Gasteiger partial charge in [-0.15, -0.1) is 0 Å². The molecule has 0 spiro atoms. The molecule has 9 nitrogen and oxygen atoms in total. The van der Waals surface area contributed by atoms with Crippen molar-refractivity contribution in [2.24, 2.45) is 4.99 Å². The van der Waals surface area contributed by atoms with Gasteiger partial charge in [-0.25, -0.2) is 4.79 Å². The molecule has 2 unspecified atom stereocenters. The van der Waals surface area contributed by atoms with E-state index in [-0.39, 0.29) is 12.4 Å². The highest BCUT2D eigenvalue weighted by Gasteiger charge is 2.37. The maximum absolute atomic E-state index is 12.6. The van der Waals surface area contributed by atoms with Crippen LogP contribution in [0, 0.1) is 21.4 Å². The molecule has 3 aromatic rings. The molecule has 0 aromatic heterocycles. The molecule has 0 saturated carbocycles. The maximum Gasteiger partial charge on any atom is 0.341 e. The minimum absolute atomic E-state index is 0.0525. The van der Waals surface area contributed by atoms with Gasteiger partial charge in [0.25, 0.3) is 0 Å². The summed E-state index contributed by atoms with van der Waals surface area (Å²) in [4.78, 5) is 27.8. The van der Waals surface area contributed by atoms with E-state index in [1.807, 2.05) is 30.3 Å². The molecule has 1 aliphatic heterocycles. The number of carbonyl (C=O) groups excluding carboxylic acids is 1. The molecule has 9 heteroatoms. The number of amides is 2. The minimum Gasteiger partial charge on any atom is -0.500 e. The quantitative estimate of drug-likeness (QED) is 0.410. The molecular formula is C25H20N4O5. The average Bonchev–Trinajstić information content (AvgIpc) is 2.85. The molecule has 2 N–H and O–H groups in total. The smallest absolute Gasteiger partial charge is 0.341 e. The van der Waals surface area contributed by atoms with Crippen LogP contribution in [0.4, 0.5) is 10.5 Å². The molecule has 1 aliphatic rings. The third-order valence-electron chi connectivity index (χ3n) is 5.53. The number of urea groups is 1. The van der Waals surface area contributed by atoms with Gasteiger partial charge in [0.15, 0.2) is 5.75 Å². The fourth-order valence-corrected chi connectivity index (χ4v) is 4.03. The standard InChI is InChI=1S/C25H20N4O5/c1-2-34-20-13-18(12-19(24(20)30)29(32)33)23-21(16-10-8-15(14-26)9-11-16)22(27-25(31)28-23)17-6-4-3-5-7-17/h3-13,21,23,30H,2H2,1H3,(H,28,31). The van der Waals surface area contributed by atoms with E-state index in [4.69, 9.17) is 4.74 Å². The predicted molar refractivity (Wildman–Crippen MR) is 124 cm³/mol. The SMILES string of the molecule is CCOc1cc(C2NC(=O)N=C(c3ccccc3)C2c2ccc(C#N)cc2)cc([N+](=O)[O-])c1O. The normalized spacial score (nSPS) is 17.3. The first-order valence-corrected chi connectivity index (χ1v) is 10.5. The number of aliphatic imine (C=N–C) groups is 1. The fourth-order valence-electron chi connectivity index (χ4n) is 4.03. The van der Waals surface area contributed by atoms with Gasteiger partial charge in [0.05, 0.1) is 40.8 Å². The number of ether oxygens (including phenoxy) is 1. The minimum atomic E-state index is -0.758. The van der Waals surface area contributed by atoms with Crippen LogP contribution >= 0.6 is 0 Å². The molecule has 4 rings (SSSR count). The van der Waals surface area contributed by atoms with Crippen LogP contribution < -0.4 is 10.1 Å². The second kappa shape index (κ2) is 9.42. The van der Waals surface area contributed by atoms with Crippen molar-refractivity contribution in [2.75, 3.05) is 6.61 Å². The van der Waals surface area contributed by atoms with Gasteiger partial charge in [0, 0.05) is 6.07 Å². The number of phenols is 1. The van der Waals surface area contributed by atoms with E-state index in [1.165, 1.54) is 12.1 Å². The zero-order chi connectivity index (χ0) is 24.2. The zero-order valence-corrected chi connectivity index (χ0v) is 18.1. The number of hydrogen-bond donors (Lipinski definition) is 2. The van der Waals surface area contributed by atoms with Gasteiger partial charge in [-0.3, -0.25) is 10.1 Å². The first-order chi connectivity index (χ1) is 16.4. The maximum atomic E-state index is 12.6. The van der Waals surface area contributed by atoms with Crippen molar-refractivity contribution in [3.8, 4) is 17.6 Å². The Kier molecular flexibility index (Phi) is 6.23. The Labute approximate surface area is 195 Å². The number of benzene rings is 3. The topological polar surface area (TPSA) is 138 Å². The second-order valence-corrected chi connectivity index (χ2v) is 7.58. The number of nitrogens with zero attached hydrogens (tertiary/aromatic N) is 3. The lowest BCUT2D eigenvalue weighted by Crippen LogP contribution is -2.40. The molecule has 170 valence electrons. The van der Waals surface area contributed by atoms with Crippen LogP contribution in [-0.4, -0.2) is 28.4 Å². The number of phenolic OH excluding ortho intramolecular Hbond substituents is 1. The first kappa shape index (κ1) is 22.5. The number of hydrogen-bond acceptors (Lipinski definition) is 6. The summed E-state index contributed by atoms with van der Waals surface area (Å²) in [6.07, 6.45) is 0. The van der Waals surface area contributed by atoms with E-state index >= 15 is 0 Å². The van der Waals surface area contributed by atoms with Gasteiger partial charge in [-0.2, -0.15) is 10.3 Å². The molecule has 1 heterocycles. The van der Waals surface area contributed by atoms with E-state index in [9.17, 15) is 25.3 Å². The molecule has 0 radical (unpaired) electrons. The van der Waals surface area contributed by atoms with Crippen LogP contribution in [0.3, 0.4) is 0 Å². The highest BCUT2D eigenvalue weighted by molar-refractivity contribution is 6.12. The summed E-state index contributed by atoms with van der Waals surface area (Å²) in [5.74, 6) is -1.17. The Morgan fingerprint density at radius 2 is 1.85 bits per heavy atom. The van der Waals surface area contributed by atoms with E-state index in [2.05, 4.69) is 16.4 Å². The molecule has 2 atom stereocenters. The number of nitro groups is 1. The lowest BCUT2D eigenvalue weighted by atomic mass is 9.79. The van der Waals surface area contributed by atoms with Crippen LogP contribution in [0.2, 0.25) is 0 Å². The van der Waals surface area contributed by atoms with E-state index in [0.717, 1.165) is 11.1 Å². The van der Waals surface area contributed by atoms with Crippen molar-refractivity contribution in [3.63, 3.8) is 0 Å². The highest BCUT2D eigenvalue weighted by Crippen LogP contribution is 2.43.